The first-order valence-electron chi connectivity index (χ1n) is 10.8. The molecule has 1 aliphatic heterocycles. The van der Waals surface area contributed by atoms with E-state index in [-0.39, 0.29) is 5.91 Å². The number of rotatable bonds is 7. The van der Waals surface area contributed by atoms with E-state index in [1.165, 1.54) is 19.3 Å². The molecule has 3 aromatic rings. The Hall–Kier alpha value is -3.42. The molecule has 8 heteroatoms. The maximum absolute atomic E-state index is 12.6. The molecule has 31 heavy (non-hydrogen) atoms. The molecule has 1 fully saturated rings. The number of carbonyl (C=O) groups excluding carboxylic acids is 1. The van der Waals surface area contributed by atoms with Gasteiger partial charge < -0.3 is 15.5 Å². The van der Waals surface area contributed by atoms with Gasteiger partial charge in [0.15, 0.2) is 0 Å². The van der Waals surface area contributed by atoms with Gasteiger partial charge in [-0.15, -0.1) is 0 Å². The van der Waals surface area contributed by atoms with E-state index in [0.717, 1.165) is 41.8 Å². The molecule has 2 N–H and O–H groups in total. The summed E-state index contributed by atoms with van der Waals surface area (Å²) in [7, 11) is 1.78. The van der Waals surface area contributed by atoms with Crippen LogP contribution in [0.3, 0.4) is 0 Å². The molecule has 2 aromatic heterocycles. The van der Waals surface area contributed by atoms with E-state index in [1.807, 2.05) is 49.4 Å². The van der Waals surface area contributed by atoms with Gasteiger partial charge in [0.2, 0.25) is 0 Å². The van der Waals surface area contributed by atoms with Gasteiger partial charge >= 0.3 is 0 Å². The second-order valence-electron chi connectivity index (χ2n) is 7.79. The molecular weight excluding hydrogens is 390 g/mol. The minimum Gasteiger partial charge on any atom is -0.368 e. The number of hydrogen-bond donors (Lipinski definition) is 2. The summed E-state index contributed by atoms with van der Waals surface area (Å²) in [5.41, 5.74) is 2.31. The van der Waals surface area contributed by atoms with Crippen molar-refractivity contribution in [3.63, 3.8) is 0 Å². The highest BCUT2D eigenvalue weighted by molar-refractivity contribution is 5.93. The number of anilines is 2. The van der Waals surface area contributed by atoms with Crippen LogP contribution in [0, 0.1) is 6.92 Å². The van der Waals surface area contributed by atoms with Crippen LogP contribution in [0.15, 0.2) is 42.5 Å². The number of piperidine rings is 1. The molecule has 0 radical (unpaired) electrons. The second-order valence-corrected chi connectivity index (χ2v) is 7.79. The van der Waals surface area contributed by atoms with Gasteiger partial charge in [0.05, 0.1) is 5.69 Å². The summed E-state index contributed by atoms with van der Waals surface area (Å²) in [6, 6.07) is 13.7. The molecule has 0 saturated carbocycles. The van der Waals surface area contributed by atoms with E-state index in [4.69, 9.17) is 0 Å². The molecule has 1 aliphatic rings. The smallest absolute Gasteiger partial charge is 0.269 e. The molecule has 8 nitrogen and oxygen atoms in total. The van der Waals surface area contributed by atoms with Gasteiger partial charge in [-0.1, -0.05) is 30.3 Å². The third kappa shape index (κ3) is 5.20. The van der Waals surface area contributed by atoms with Crippen molar-refractivity contribution in [2.75, 3.05) is 36.4 Å². The lowest BCUT2D eigenvalue weighted by molar-refractivity contribution is 0.0946. The minimum absolute atomic E-state index is 0.146. The van der Waals surface area contributed by atoms with E-state index in [1.54, 1.807) is 11.7 Å². The van der Waals surface area contributed by atoms with Crippen LogP contribution in [-0.4, -0.2) is 51.8 Å². The fourth-order valence-corrected chi connectivity index (χ4v) is 3.81. The number of carbonyl (C=O) groups is 1. The van der Waals surface area contributed by atoms with Crippen molar-refractivity contribution < 1.29 is 4.79 Å². The van der Waals surface area contributed by atoms with E-state index in [9.17, 15) is 4.79 Å². The van der Waals surface area contributed by atoms with Crippen LogP contribution in [0.5, 0.6) is 0 Å². The lowest BCUT2D eigenvalue weighted by Gasteiger charge is -2.28. The molecule has 1 saturated heterocycles. The van der Waals surface area contributed by atoms with Crippen LogP contribution >= 0.6 is 0 Å². The van der Waals surface area contributed by atoms with Gasteiger partial charge in [-0.3, -0.25) is 9.48 Å². The van der Waals surface area contributed by atoms with E-state index < -0.39 is 0 Å². The molecule has 4 rings (SSSR count). The number of aryl methyl sites for hydroxylation is 2. The number of aromatic nitrogens is 4. The maximum Gasteiger partial charge on any atom is 0.269 e. The van der Waals surface area contributed by atoms with Crippen molar-refractivity contribution in [2.45, 2.75) is 26.2 Å². The Morgan fingerprint density at radius 2 is 1.81 bits per heavy atom. The predicted molar refractivity (Wildman–Crippen MR) is 122 cm³/mol. The summed E-state index contributed by atoms with van der Waals surface area (Å²) in [5, 5.41) is 10.7. The largest absolute Gasteiger partial charge is 0.368 e. The quantitative estimate of drug-likeness (QED) is 0.573. The fourth-order valence-electron chi connectivity index (χ4n) is 3.81. The van der Waals surface area contributed by atoms with E-state index >= 15 is 0 Å². The van der Waals surface area contributed by atoms with Crippen LogP contribution < -0.4 is 15.5 Å². The standard InChI is InChI=1S/C23H29N7O/c1-17-26-21(16-22(27-17)30-13-7-4-8-14-30)24-11-12-25-23(31)20-15-19(28-29(20)2)18-9-5-3-6-10-18/h3,5-6,9-10,15-16H,4,7-8,11-14H2,1-2H3,(H,25,31)(H,24,26,27). The van der Waals surface area contributed by atoms with Gasteiger partial charge in [-0.05, 0) is 32.3 Å². The van der Waals surface area contributed by atoms with Crippen LogP contribution in [0.25, 0.3) is 11.3 Å². The number of hydrogen-bond acceptors (Lipinski definition) is 6. The monoisotopic (exact) mass is 419 g/mol. The summed E-state index contributed by atoms with van der Waals surface area (Å²) >= 11 is 0. The molecule has 1 amide bonds. The molecule has 0 spiro atoms. The average Bonchev–Trinajstić information content (AvgIpc) is 3.19. The zero-order chi connectivity index (χ0) is 21.6. The van der Waals surface area contributed by atoms with Crippen LogP contribution in [0.4, 0.5) is 11.6 Å². The SMILES string of the molecule is Cc1nc(NCCNC(=O)c2cc(-c3ccccc3)nn2C)cc(N2CCCCC2)n1. The lowest BCUT2D eigenvalue weighted by Crippen LogP contribution is -2.31. The topological polar surface area (TPSA) is 88.0 Å². The first-order chi connectivity index (χ1) is 15.1. The summed E-state index contributed by atoms with van der Waals surface area (Å²) in [5.74, 6) is 2.36. The number of benzene rings is 1. The van der Waals surface area contributed by atoms with Crippen molar-refractivity contribution in [1.29, 1.82) is 0 Å². The van der Waals surface area contributed by atoms with Crippen molar-refractivity contribution in [1.82, 2.24) is 25.1 Å². The van der Waals surface area contributed by atoms with Crippen molar-refractivity contribution in [3.8, 4) is 11.3 Å². The Labute approximate surface area is 182 Å². The second kappa shape index (κ2) is 9.59. The molecule has 0 aliphatic carbocycles. The number of nitrogens with zero attached hydrogens (tertiary/aromatic N) is 5. The third-order valence-electron chi connectivity index (χ3n) is 5.40. The van der Waals surface area contributed by atoms with Crippen LogP contribution in [-0.2, 0) is 7.05 Å². The first-order valence-corrected chi connectivity index (χ1v) is 10.8. The van der Waals surface area contributed by atoms with Gasteiger partial charge in [0, 0.05) is 44.9 Å². The Bertz CT molecular complexity index is 1030. The highest BCUT2D eigenvalue weighted by Gasteiger charge is 2.15. The molecular formula is C23H29N7O. The fraction of sp³-hybridized carbons (Fsp3) is 0.391. The van der Waals surface area contributed by atoms with Gasteiger partial charge in [-0.25, -0.2) is 9.97 Å². The molecule has 1 aromatic carbocycles. The summed E-state index contributed by atoms with van der Waals surface area (Å²) in [4.78, 5) is 24.0. The lowest BCUT2D eigenvalue weighted by atomic mass is 10.1. The molecule has 3 heterocycles. The first kappa shape index (κ1) is 20.8. The van der Waals surface area contributed by atoms with Gasteiger partial charge in [-0.2, -0.15) is 5.10 Å². The Kier molecular flexibility index (Phi) is 6.45. The summed E-state index contributed by atoms with van der Waals surface area (Å²) < 4.78 is 1.61. The maximum atomic E-state index is 12.6. The number of nitrogens with one attached hydrogen (secondary N) is 2. The molecule has 0 bridgehead atoms. The minimum atomic E-state index is -0.146. The third-order valence-corrected chi connectivity index (χ3v) is 5.40. The predicted octanol–water partition coefficient (Wildman–Crippen LogP) is 3.02. The number of amides is 1. The molecule has 0 atom stereocenters. The Morgan fingerprint density at radius 3 is 2.58 bits per heavy atom. The van der Waals surface area contributed by atoms with E-state index in [0.29, 0.717) is 18.8 Å². The van der Waals surface area contributed by atoms with Crippen molar-refractivity contribution in [3.05, 3.63) is 54.0 Å². The van der Waals surface area contributed by atoms with Crippen molar-refractivity contribution >= 4 is 17.5 Å². The van der Waals surface area contributed by atoms with Gasteiger partial charge in [0.25, 0.3) is 5.91 Å². The zero-order valence-corrected chi connectivity index (χ0v) is 18.1. The normalized spacial score (nSPS) is 13.8. The van der Waals surface area contributed by atoms with Crippen molar-refractivity contribution in [2.24, 2.45) is 7.05 Å². The van der Waals surface area contributed by atoms with Crippen LogP contribution in [0.1, 0.15) is 35.6 Å². The van der Waals surface area contributed by atoms with Crippen LogP contribution in [0.2, 0.25) is 0 Å². The van der Waals surface area contributed by atoms with Gasteiger partial charge in [0.1, 0.15) is 23.2 Å². The summed E-state index contributed by atoms with van der Waals surface area (Å²) in [6.07, 6.45) is 3.70. The highest BCUT2D eigenvalue weighted by Crippen LogP contribution is 2.20. The Morgan fingerprint density at radius 1 is 1.03 bits per heavy atom. The summed E-state index contributed by atoms with van der Waals surface area (Å²) in [6.45, 7) is 5.05. The van der Waals surface area contributed by atoms with E-state index in [2.05, 4.69) is 30.6 Å². The molecule has 0 unspecified atom stereocenters. The molecule has 162 valence electrons. The average molecular weight is 420 g/mol. The zero-order valence-electron chi connectivity index (χ0n) is 18.1. The highest BCUT2D eigenvalue weighted by atomic mass is 16.2. The Balaban J connectivity index is 1.31.